The van der Waals surface area contributed by atoms with Crippen LogP contribution in [-0.2, 0) is 27.2 Å². The number of ketones is 1. The molecule has 42 heavy (non-hydrogen) atoms. The van der Waals surface area contributed by atoms with E-state index in [0.717, 1.165) is 50.7 Å². The molecule has 0 saturated heterocycles. The van der Waals surface area contributed by atoms with Crippen LogP contribution in [0.3, 0.4) is 0 Å². The number of methoxy groups -OCH3 is 1. The van der Waals surface area contributed by atoms with Crippen LogP contribution < -0.4 is 10.2 Å². The van der Waals surface area contributed by atoms with Crippen LogP contribution >= 0.6 is 0 Å². The molecule has 1 heterocycles. The number of benzene rings is 3. The zero-order valence-electron chi connectivity index (χ0n) is 24.7. The molecule has 1 amide bonds. The first-order valence-corrected chi connectivity index (χ1v) is 13.8. The van der Waals surface area contributed by atoms with Gasteiger partial charge in [-0.15, -0.1) is 5.10 Å². The number of Topliss-reactive ketones (excluding diaryl/α,β-unsaturated/α-hetero) is 1. The summed E-state index contributed by atoms with van der Waals surface area (Å²) in [4.78, 5) is 39.7. The molecule has 0 spiro atoms. The van der Waals surface area contributed by atoms with Crippen molar-refractivity contribution in [2.75, 3.05) is 26.1 Å². The molecule has 0 radical (unpaired) electrons. The Balaban J connectivity index is 1.43. The second-order valence-electron chi connectivity index (χ2n) is 11.6. The minimum absolute atomic E-state index is 0.00939. The molecule has 10 heteroatoms. The molecule has 0 fully saturated rings. The molecular weight excluding hydrogens is 534 g/mol. The van der Waals surface area contributed by atoms with Crippen LogP contribution in [0.1, 0.15) is 43.1 Å². The molecule has 0 unspecified atom stereocenters. The van der Waals surface area contributed by atoms with Crippen LogP contribution in [0.15, 0.2) is 54.7 Å². The number of alkyl carbamates (subject to hydrolysis) is 1. The smallest absolute Gasteiger partial charge is 0.408 e. The van der Waals surface area contributed by atoms with E-state index in [-0.39, 0.29) is 12.3 Å². The molecule has 1 N–H and O–H groups in total. The SMILES string of the molecule is COC(=O)[C@@H](Cn1cc(-c2ccc(-c3c4c(cc5ccc(N(C)C)cc35)CCC4=O)cc2)nn1)NC(=O)OC(C)(C)C. The number of hydrogen-bond donors (Lipinski definition) is 1. The largest absolute Gasteiger partial charge is 0.467 e. The first-order valence-electron chi connectivity index (χ1n) is 13.8. The fourth-order valence-electron chi connectivity index (χ4n) is 5.19. The number of hydrogen-bond acceptors (Lipinski definition) is 8. The fraction of sp³-hybridized carbons (Fsp3) is 0.344. The lowest BCUT2D eigenvalue weighted by molar-refractivity contribution is -0.143. The highest BCUT2D eigenvalue weighted by atomic mass is 16.6. The summed E-state index contributed by atoms with van der Waals surface area (Å²) >= 11 is 0. The maximum absolute atomic E-state index is 13.0. The normalized spacial score (nSPS) is 13.5. The summed E-state index contributed by atoms with van der Waals surface area (Å²) in [6.07, 6.45) is 2.24. The van der Waals surface area contributed by atoms with Gasteiger partial charge < -0.3 is 19.7 Å². The van der Waals surface area contributed by atoms with Gasteiger partial charge in [-0.05, 0) is 61.2 Å². The van der Waals surface area contributed by atoms with Gasteiger partial charge >= 0.3 is 12.1 Å². The molecule has 1 aromatic heterocycles. The lowest BCUT2D eigenvalue weighted by atomic mass is 9.89. The molecular formula is C32H35N5O5. The Morgan fingerprint density at radius 1 is 1.02 bits per heavy atom. The van der Waals surface area contributed by atoms with Crippen molar-refractivity contribution < 1.29 is 23.9 Å². The van der Waals surface area contributed by atoms with Gasteiger partial charge in [-0.1, -0.05) is 41.6 Å². The lowest BCUT2D eigenvalue weighted by Crippen LogP contribution is -2.46. The van der Waals surface area contributed by atoms with Crippen molar-refractivity contribution in [2.45, 2.75) is 51.8 Å². The Morgan fingerprint density at radius 3 is 2.40 bits per heavy atom. The molecule has 1 aliphatic rings. The summed E-state index contributed by atoms with van der Waals surface area (Å²) in [5.41, 5.74) is 5.56. The Bertz CT molecular complexity index is 1670. The number of rotatable bonds is 7. The quantitative estimate of drug-likeness (QED) is 0.308. The van der Waals surface area contributed by atoms with Gasteiger partial charge in [-0.3, -0.25) is 4.79 Å². The minimum Gasteiger partial charge on any atom is -0.467 e. The number of nitrogens with zero attached hydrogens (tertiary/aromatic N) is 4. The standard InChI is InChI=1S/C32H35N5O5/c1-32(2,3)42-31(40)33-26(30(39)41-6)18-37-17-25(34-35-37)19-7-9-20(10-8-19)28-24-16-23(36(4)5)13-11-21(24)15-22-12-14-27(38)29(22)28/h7-11,13,15-17,26H,12,14,18H2,1-6H3,(H,33,40)/t26-/m1/s1. The Kier molecular flexibility index (Phi) is 7.73. The van der Waals surface area contributed by atoms with Crippen molar-refractivity contribution in [3.63, 3.8) is 0 Å². The van der Waals surface area contributed by atoms with Crippen molar-refractivity contribution in [3.05, 3.63) is 65.9 Å². The van der Waals surface area contributed by atoms with E-state index in [9.17, 15) is 14.4 Å². The molecule has 0 saturated carbocycles. The van der Waals surface area contributed by atoms with E-state index in [1.165, 1.54) is 11.8 Å². The third-order valence-corrected chi connectivity index (χ3v) is 7.18. The number of carbonyl (C=O) groups is 3. The molecule has 4 aromatic rings. The van der Waals surface area contributed by atoms with Gasteiger partial charge in [0.2, 0.25) is 0 Å². The lowest BCUT2D eigenvalue weighted by Gasteiger charge is -2.22. The van der Waals surface area contributed by atoms with Crippen LogP contribution in [0.5, 0.6) is 0 Å². The number of fused-ring (bicyclic) bond motifs is 2. The summed E-state index contributed by atoms with van der Waals surface area (Å²) in [5, 5.41) is 13.1. The topological polar surface area (TPSA) is 116 Å². The predicted octanol–water partition coefficient (Wildman–Crippen LogP) is 5.03. The molecule has 5 rings (SSSR count). The van der Waals surface area contributed by atoms with Crippen molar-refractivity contribution in [1.29, 1.82) is 0 Å². The highest BCUT2D eigenvalue weighted by Crippen LogP contribution is 2.40. The molecule has 1 atom stereocenters. The summed E-state index contributed by atoms with van der Waals surface area (Å²) in [6, 6.07) is 15.4. The van der Waals surface area contributed by atoms with Gasteiger partial charge in [0.05, 0.1) is 19.9 Å². The Labute approximate surface area is 244 Å². The summed E-state index contributed by atoms with van der Waals surface area (Å²) in [7, 11) is 5.26. The zero-order chi connectivity index (χ0) is 30.2. The van der Waals surface area contributed by atoms with E-state index in [2.05, 4.69) is 44.8 Å². The third kappa shape index (κ3) is 5.97. The van der Waals surface area contributed by atoms with Gasteiger partial charge in [0.25, 0.3) is 0 Å². The van der Waals surface area contributed by atoms with E-state index in [0.29, 0.717) is 12.1 Å². The number of nitrogens with one attached hydrogen (secondary N) is 1. The fourth-order valence-corrected chi connectivity index (χ4v) is 5.19. The van der Waals surface area contributed by atoms with E-state index >= 15 is 0 Å². The van der Waals surface area contributed by atoms with Crippen LogP contribution in [-0.4, -0.2) is 65.7 Å². The van der Waals surface area contributed by atoms with E-state index < -0.39 is 23.7 Å². The minimum atomic E-state index is -1.01. The predicted molar refractivity (Wildman–Crippen MR) is 161 cm³/mol. The van der Waals surface area contributed by atoms with Crippen molar-refractivity contribution in [3.8, 4) is 22.4 Å². The summed E-state index contributed by atoms with van der Waals surface area (Å²) in [6.45, 7) is 5.22. The average molecular weight is 570 g/mol. The van der Waals surface area contributed by atoms with Gasteiger partial charge in [-0.25, -0.2) is 14.3 Å². The van der Waals surface area contributed by atoms with Gasteiger partial charge in [0, 0.05) is 42.9 Å². The van der Waals surface area contributed by atoms with Crippen molar-refractivity contribution >= 4 is 34.3 Å². The zero-order valence-corrected chi connectivity index (χ0v) is 24.7. The number of amides is 1. The highest BCUT2D eigenvalue weighted by molar-refractivity contribution is 6.14. The third-order valence-electron chi connectivity index (χ3n) is 7.18. The summed E-state index contributed by atoms with van der Waals surface area (Å²) < 4.78 is 11.6. The van der Waals surface area contributed by atoms with E-state index in [4.69, 9.17) is 9.47 Å². The monoisotopic (exact) mass is 569 g/mol. The molecule has 0 bridgehead atoms. The second kappa shape index (κ2) is 11.3. The number of aryl methyl sites for hydroxylation is 1. The Hall–Kier alpha value is -4.73. The van der Waals surface area contributed by atoms with Crippen LogP contribution in [0.25, 0.3) is 33.2 Å². The van der Waals surface area contributed by atoms with Crippen LogP contribution in [0.4, 0.5) is 10.5 Å². The first kappa shape index (κ1) is 28.8. The number of esters is 1. The number of carbonyl (C=O) groups excluding carboxylic acids is 3. The maximum Gasteiger partial charge on any atom is 0.408 e. The number of ether oxygens (including phenoxy) is 2. The average Bonchev–Trinajstić information content (AvgIpc) is 3.56. The van der Waals surface area contributed by atoms with Crippen LogP contribution in [0, 0.1) is 0 Å². The molecule has 10 nitrogen and oxygen atoms in total. The van der Waals surface area contributed by atoms with Crippen molar-refractivity contribution in [2.24, 2.45) is 0 Å². The second-order valence-corrected chi connectivity index (χ2v) is 11.6. The van der Waals surface area contributed by atoms with Gasteiger partial charge in [-0.2, -0.15) is 0 Å². The van der Waals surface area contributed by atoms with E-state index in [1.807, 2.05) is 38.4 Å². The van der Waals surface area contributed by atoms with Gasteiger partial charge in [0.1, 0.15) is 17.3 Å². The summed E-state index contributed by atoms with van der Waals surface area (Å²) in [5.74, 6) is -0.457. The first-order chi connectivity index (χ1) is 19.9. The Morgan fingerprint density at radius 2 is 1.74 bits per heavy atom. The van der Waals surface area contributed by atoms with Gasteiger partial charge in [0.15, 0.2) is 5.78 Å². The van der Waals surface area contributed by atoms with E-state index in [1.54, 1.807) is 27.0 Å². The molecule has 3 aromatic carbocycles. The molecule has 218 valence electrons. The molecule has 0 aliphatic heterocycles. The van der Waals surface area contributed by atoms with Crippen LogP contribution in [0.2, 0.25) is 0 Å². The van der Waals surface area contributed by atoms with Crippen molar-refractivity contribution in [1.82, 2.24) is 20.3 Å². The highest BCUT2D eigenvalue weighted by Gasteiger charge is 2.27. The number of aromatic nitrogens is 3. The molecule has 1 aliphatic carbocycles. The number of anilines is 1. The maximum atomic E-state index is 13.0.